The van der Waals surface area contributed by atoms with Gasteiger partial charge in [0.25, 0.3) is 0 Å². The van der Waals surface area contributed by atoms with Gasteiger partial charge in [-0.1, -0.05) is 6.07 Å². The molecule has 1 fully saturated rings. The van der Waals surface area contributed by atoms with Crippen LogP contribution in [0.1, 0.15) is 17.5 Å². The summed E-state index contributed by atoms with van der Waals surface area (Å²) in [7, 11) is 0. The molecule has 1 atom stereocenters. The number of nitrogens with one attached hydrogen (secondary N) is 2. The van der Waals surface area contributed by atoms with Crippen LogP contribution < -0.4 is 20.6 Å². The number of benzene rings is 1. The molecule has 1 aliphatic heterocycles. The summed E-state index contributed by atoms with van der Waals surface area (Å²) in [5, 5.41) is 16.3. The Morgan fingerprint density at radius 2 is 1.95 bits per heavy atom. The summed E-state index contributed by atoms with van der Waals surface area (Å²) < 4.78 is 0. The molecule has 1 aromatic carbocycles. The first-order valence-corrected chi connectivity index (χ1v) is 7.71. The third-order valence-corrected chi connectivity index (χ3v) is 4.30. The van der Waals surface area contributed by atoms with E-state index < -0.39 is 12.0 Å². The van der Waals surface area contributed by atoms with Crippen LogP contribution in [0.3, 0.4) is 0 Å². The number of aryl methyl sites for hydroxylation is 2. The van der Waals surface area contributed by atoms with E-state index in [9.17, 15) is 14.7 Å². The molecular formula is C16H24N3O3+. The molecule has 1 aliphatic rings. The summed E-state index contributed by atoms with van der Waals surface area (Å²) in [4.78, 5) is 24.4. The topological polar surface area (TPSA) is 90.3 Å². The Labute approximate surface area is 130 Å². The van der Waals surface area contributed by atoms with Crippen molar-refractivity contribution in [3.8, 4) is 0 Å². The van der Waals surface area contributed by atoms with Crippen molar-refractivity contribution in [3.63, 3.8) is 0 Å². The molecule has 2 rings (SSSR count). The number of piperazine rings is 1. The van der Waals surface area contributed by atoms with Crippen LogP contribution in [0.4, 0.5) is 5.69 Å². The lowest BCUT2D eigenvalue weighted by molar-refractivity contribution is -0.961. The van der Waals surface area contributed by atoms with E-state index in [2.05, 4.69) is 10.6 Å². The lowest BCUT2D eigenvalue weighted by Crippen LogP contribution is -3.24. The van der Waals surface area contributed by atoms with Gasteiger partial charge in [-0.15, -0.1) is 0 Å². The summed E-state index contributed by atoms with van der Waals surface area (Å²) in [5.41, 5.74) is 2.94. The van der Waals surface area contributed by atoms with Crippen molar-refractivity contribution in [1.82, 2.24) is 0 Å². The maximum Gasteiger partial charge on any atom is 0.230 e. The van der Waals surface area contributed by atoms with Crippen molar-refractivity contribution in [2.45, 2.75) is 26.3 Å². The van der Waals surface area contributed by atoms with E-state index >= 15 is 0 Å². The number of quaternary nitrogens is 2. The molecule has 4 N–H and O–H groups in total. The zero-order valence-corrected chi connectivity index (χ0v) is 13.1. The van der Waals surface area contributed by atoms with Gasteiger partial charge in [-0.2, -0.15) is 0 Å². The molecule has 120 valence electrons. The molecule has 1 saturated heterocycles. The SMILES string of the molecule is Cc1ccc(NC(=O)C[C@@H](C(=O)[O-])[NH+]2CC[NH2+]CC2)cc1C. The monoisotopic (exact) mass is 306 g/mol. The van der Waals surface area contributed by atoms with Crippen molar-refractivity contribution in [2.75, 3.05) is 31.5 Å². The zero-order chi connectivity index (χ0) is 16.1. The van der Waals surface area contributed by atoms with Crippen LogP contribution in [0.25, 0.3) is 0 Å². The number of aliphatic carboxylic acids is 1. The molecule has 1 aromatic rings. The van der Waals surface area contributed by atoms with Crippen LogP contribution in [0.5, 0.6) is 0 Å². The first kappa shape index (κ1) is 16.5. The number of carbonyl (C=O) groups excluding carboxylic acids is 2. The van der Waals surface area contributed by atoms with Gasteiger partial charge in [0.2, 0.25) is 5.91 Å². The normalized spacial score (nSPS) is 17.0. The molecule has 0 unspecified atom stereocenters. The van der Waals surface area contributed by atoms with E-state index in [4.69, 9.17) is 0 Å². The van der Waals surface area contributed by atoms with Gasteiger partial charge in [0.15, 0.2) is 0 Å². The van der Waals surface area contributed by atoms with Gasteiger partial charge >= 0.3 is 0 Å². The minimum atomic E-state index is -1.15. The maximum atomic E-state index is 12.1. The van der Waals surface area contributed by atoms with Gasteiger partial charge in [-0.05, 0) is 37.1 Å². The van der Waals surface area contributed by atoms with E-state index in [1.165, 1.54) is 0 Å². The lowest BCUT2D eigenvalue weighted by Gasteiger charge is -2.30. The average molecular weight is 306 g/mol. The van der Waals surface area contributed by atoms with Gasteiger partial charge in [0.1, 0.15) is 32.2 Å². The Morgan fingerprint density at radius 3 is 2.55 bits per heavy atom. The molecule has 1 heterocycles. The van der Waals surface area contributed by atoms with E-state index in [1.807, 2.05) is 32.0 Å². The second kappa shape index (κ2) is 7.38. The van der Waals surface area contributed by atoms with E-state index in [-0.39, 0.29) is 12.3 Å². The van der Waals surface area contributed by atoms with Crippen molar-refractivity contribution in [1.29, 1.82) is 0 Å². The molecule has 1 amide bonds. The molecule has 6 heteroatoms. The number of hydrogen-bond donors (Lipinski definition) is 3. The number of carbonyl (C=O) groups is 2. The third kappa shape index (κ3) is 4.29. The standard InChI is InChI=1S/C16H23N3O3/c1-11-3-4-13(9-12(11)2)18-15(20)10-14(16(21)22)19-7-5-17-6-8-19/h3-4,9,14,17H,5-8,10H2,1-2H3,(H,18,20)(H,21,22)/p+1/t14-/m0/s1. The molecular weight excluding hydrogens is 282 g/mol. The predicted octanol–water partition coefficient (Wildman–Crippen LogP) is -2.79. The summed E-state index contributed by atoms with van der Waals surface area (Å²) in [6.45, 7) is 7.24. The van der Waals surface area contributed by atoms with Crippen molar-refractivity contribution < 1.29 is 24.9 Å². The smallest absolute Gasteiger partial charge is 0.230 e. The van der Waals surface area contributed by atoms with E-state index in [0.29, 0.717) is 5.69 Å². The first-order chi connectivity index (χ1) is 10.5. The lowest BCUT2D eigenvalue weighted by atomic mass is 10.1. The molecule has 6 nitrogen and oxygen atoms in total. The van der Waals surface area contributed by atoms with Crippen molar-refractivity contribution in [2.24, 2.45) is 0 Å². The first-order valence-electron chi connectivity index (χ1n) is 7.71. The molecule has 0 aromatic heterocycles. The second-order valence-corrected chi connectivity index (χ2v) is 5.95. The highest BCUT2D eigenvalue weighted by molar-refractivity contribution is 5.93. The summed E-state index contributed by atoms with van der Waals surface area (Å²) in [6, 6.07) is 4.88. The van der Waals surface area contributed by atoms with Crippen LogP contribution >= 0.6 is 0 Å². The minimum absolute atomic E-state index is 0.0510. The fourth-order valence-corrected chi connectivity index (χ4v) is 2.80. The van der Waals surface area contributed by atoms with Crippen LogP contribution in [-0.4, -0.2) is 44.1 Å². The minimum Gasteiger partial charge on any atom is -0.544 e. The average Bonchev–Trinajstić information content (AvgIpc) is 2.49. The number of nitrogens with two attached hydrogens (primary N) is 1. The number of hydrogen-bond acceptors (Lipinski definition) is 3. The third-order valence-electron chi connectivity index (χ3n) is 4.30. The Morgan fingerprint density at radius 1 is 1.27 bits per heavy atom. The van der Waals surface area contributed by atoms with E-state index in [0.717, 1.165) is 42.2 Å². The zero-order valence-electron chi connectivity index (χ0n) is 13.1. The highest BCUT2D eigenvalue weighted by Gasteiger charge is 2.29. The number of carboxylic acids is 1. The van der Waals surface area contributed by atoms with Gasteiger partial charge in [0.05, 0.1) is 12.4 Å². The van der Waals surface area contributed by atoms with Gasteiger partial charge in [-0.25, -0.2) is 0 Å². The van der Waals surface area contributed by atoms with Crippen molar-refractivity contribution >= 4 is 17.6 Å². The van der Waals surface area contributed by atoms with Gasteiger partial charge < -0.3 is 25.4 Å². The molecule has 0 spiro atoms. The number of rotatable bonds is 5. The highest BCUT2D eigenvalue weighted by Crippen LogP contribution is 2.14. The Hall–Kier alpha value is -1.92. The number of amides is 1. The fraction of sp³-hybridized carbons (Fsp3) is 0.500. The Balaban J connectivity index is 1.98. The Bertz CT molecular complexity index is 554. The summed E-state index contributed by atoms with van der Waals surface area (Å²) in [6.07, 6.45) is -0.0510. The van der Waals surface area contributed by atoms with Crippen molar-refractivity contribution in [3.05, 3.63) is 29.3 Å². The van der Waals surface area contributed by atoms with Gasteiger partial charge in [0, 0.05) is 5.69 Å². The summed E-state index contributed by atoms with van der Waals surface area (Å²) >= 11 is 0. The molecule has 0 saturated carbocycles. The largest absolute Gasteiger partial charge is 0.544 e. The summed E-state index contributed by atoms with van der Waals surface area (Å²) in [5.74, 6) is -1.42. The highest BCUT2D eigenvalue weighted by atomic mass is 16.4. The molecule has 22 heavy (non-hydrogen) atoms. The van der Waals surface area contributed by atoms with Crippen LogP contribution in [0.15, 0.2) is 18.2 Å². The predicted molar refractivity (Wildman–Crippen MR) is 80.3 cm³/mol. The van der Waals surface area contributed by atoms with Crippen LogP contribution in [-0.2, 0) is 9.59 Å². The fourth-order valence-electron chi connectivity index (χ4n) is 2.80. The number of carboxylic acid groups (broad SMARTS) is 1. The number of anilines is 1. The molecule has 0 aliphatic carbocycles. The van der Waals surface area contributed by atoms with E-state index in [1.54, 1.807) is 0 Å². The second-order valence-electron chi connectivity index (χ2n) is 5.95. The molecule has 0 bridgehead atoms. The molecule has 0 radical (unpaired) electrons. The van der Waals surface area contributed by atoms with Gasteiger partial charge in [-0.3, -0.25) is 4.79 Å². The quantitative estimate of drug-likeness (QED) is 0.549. The van der Waals surface area contributed by atoms with Crippen LogP contribution in [0.2, 0.25) is 0 Å². The Kier molecular flexibility index (Phi) is 5.51. The van der Waals surface area contributed by atoms with Crippen LogP contribution in [0, 0.1) is 13.8 Å². The maximum absolute atomic E-state index is 12.1.